The molecule has 0 aliphatic rings. The molecule has 0 atom stereocenters. The highest BCUT2D eigenvalue weighted by Gasteiger charge is 2.11. The van der Waals surface area contributed by atoms with Crippen LogP contribution in [0.25, 0.3) is 17.6 Å². The molecule has 0 fully saturated rings. The number of hydrogen-bond donors (Lipinski definition) is 1. The molecule has 0 aliphatic carbocycles. The van der Waals surface area contributed by atoms with Crippen molar-refractivity contribution >= 4 is 23.4 Å². The van der Waals surface area contributed by atoms with Crippen LogP contribution >= 0.6 is 0 Å². The molecule has 0 amide bonds. The van der Waals surface area contributed by atoms with Gasteiger partial charge in [-0.15, -0.1) is 0 Å². The van der Waals surface area contributed by atoms with Crippen LogP contribution in [0, 0.1) is 0 Å². The number of aromatic hydroxyl groups is 1. The molecule has 4 heteroatoms. The first kappa shape index (κ1) is 18.1. The molecule has 0 aliphatic heterocycles. The number of hydrogen-bond acceptors (Lipinski definition) is 4. The Bertz CT molecular complexity index is 847. The van der Waals surface area contributed by atoms with E-state index in [1.54, 1.807) is 42.5 Å². The van der Waals surface area contributed by atoms with Crippen LogP contribution in [0.3, 0.4) is 0 Å². The summed E-state index contributed by atoms with van der Waals surface area (Å²) in [7, 11) is 3.00. The van der Waals surface area contributed by atoms with Gasteiger partial charge >= 0.3 is 0 Å². The zero-order valence-corrected chi connectivity index (χ0v) is 14.3. The van der Waals surface area contributed by atoms with Gasteiger partial charge in [0, 0.05) is 11.1 Å². The number of carbonyl (C=O) groups is 1. The molecule has 0 saturated carbocycles. The number of benzene rings is 2. The summed E-state index contributed by atoms with van der Waals surface area (Å²) in [5.74, 6) is 0.654. The van der Waals surface area contributed by atoms with Crippen molar-refractivity contribution in [1.29, 1.82) is 0 Å². The smallest absolute Gasteiger partial charge is 0.186 e. The topological polar surface area (TPSA) is 55.8 Å². The molecule has 1 N–H and O–H groups in total. The third kappa shape index (κ3) is 4.18. The number of carbonyl (C=O) groups excluding carboxylic acids is 1. The summed E-state index contributed by atoms with van der Waals surface area (Å²) in [6.45, 7) is 7.51. The zero-order valence-electron chi connectivity index (χ0n) is 14.3. The molecular weight excluding hydrogens is 316 g/mol. The van der Waals surface area contributed by atoms with Gasteiger partial charge in [0.1, 0.15) is 17.3 Å². The van der Waals surface area contributed by atoms with Gasteiger partial charge in [-0.3, -0.25) is 4.79 Å². The highest BCUT2D eigenvalue weighted by atomic mass is 16.5. The summed E-state index contributed by atoms with van der Waals surface area (Å²) in [6.07, 6.45) is 3.08. The molecule has 0 aromatic heterocycles. The van der Waals surface area contributed by atoms with Gasteiger partial charge < -0.3 is 14.6 Å². The van der Waals surface area contributed by atoms with E-state index >= 15 is 0 Å². The van der Waals surface area contributed by atoms with Crippen molar-refractivity contribution in [2.45, 2.75) is 0 Å². The molecule has 2 aromatic rings. The lowest BCUT2D eigenvalue weighted by atomic mass is 10.0. The van der Waals surface area contributed by atoms with Crippen LogP contribution in [-0.2, 0) is 9.47 Å². The van der Waals surface area contributed by atoms with Gasteiger partial charge in [0.15, 0.2) is 5.78 Å². The van der Waals surface area contributed by atoms with E-state index in [2.05, 4.69) is 13.2 Å². The van der Waals surface area contributed by atoms with E-state index in [-0.39, 0.29) is 11.5 Å². The largest absolute Gasteiger partial charge is 0.507 e. The zero-order chi connectivity index (χ0) is 18.4. The van der Waals surface area contributed by atoms with Crippen LogP contribution in [0.1, 0.15) is 27.0 Å². The van der Waals surface area contributed by atoms with Crippen molar-refractivity contribution in [1.82, 2.24) is 0 Å². The van der Waals surface area contributed by atoms with Crippen molar-refractivity contribution in [2.75, 3.05) is 14.2 Å². The Kier molecular flexibility index (Phi) is 5.79. The standard InChI is InChI=1S/C21H20O4/c1-14(24-3)17-7-5-6-8-19(17)20(22)12-10-16-9-11-18(15(2)25-4)21(23)13-16/h5-13,23H,1-2H2,3-4H3/b12-10+. The summed E-state index contributed by atoms with van der Waals surface area (Å²) >= 11 is 0. The first-order chi connectivity index (χ1) is 12.0. The van der Waals surface area contributed by atoms with Crippen LogP contribution in [0.4, 0.5) is 0 Å². The molecule has 0 unspecified atom stereocenters. The molecule has 4 nitrogen and oxygen atoms in total. The van der Waals surface area contributed by atoms with E-state index in [0.717, 1.165) is 0 Å². The predicted molar refractivity (Wildman–Crippen MR) is 100.0 cm³/mol. The molecule has 128 valence electrons. The first-order valence-corrected chi connectivity index (χ1v) is 7.59. The van der Waals surface area contributed by atoms with Crippen LogP contribution < -0.4 is 0 Å². The fraction of sp³-hybridized carbons (Fsp3) is 0.0952. The predicted octanol–water partition coefficient (Wildman–Crippen LogP) is 4.52. The molecule has 0 heterocycles. The Labute approximate surface area is 147 Å². The van der Waals surface area contributed by atoms with Crippen LogP contribution in [0.2, 0.25) is 0 Å². The number of rotatable bonds is 7. The van der Waals surface area contributed by atoms with Crippen molar-refractivity contribution < 1.29 is 19.4 Å². The maximum absolute atomic E-state index is 12.5. The van der Waals surface area contributed by atoms with Crippen LogP contribution in [-0.4, -0.2) is 25.1 Å². The second kappa shape index (κ2) is 8.02. The number of allylic oxidation sites excluding steroid dienone is 1. The lowest BCUT2D eigenvalue weighted by Crippen LogP contribution is -2.00. The summed E-state index contributed by atoms with van der Waals surface area (Å²) in [5.41, 5.74) is 2.34. The number of ether oxygens (including phenoxy) is 2. The SMILES string of the molecule is C=C(OC)c1ccc(/C=C/C(=O)c2ccccc2C(=C)OC)cc1O. The second-order valence-electron chi connectivity index (χ2n) is 5.27. The minimum Gasteiger partial charge on any atom is -0.507 e. The lowest BCUT2D eigenvalue weighted by Gasteiger charge is -2.09. The summed E-state index contributed by atoms with van der Waals surface area (Å²) in [4.78, 5) is 12.5. The third-order valence-corrected chi connectivity index (χ3v) is 3.74. The molecule has 0 saturated heterocycles. The van der Waals surface area contributed by atoms with Gasteiger partial charge in [0.25, 0.3) is 0 Å². The summed E-state index contributed by atoms with van der Waals surface area (Å²) in [6, 6.07) is 12.1. The van der Waals surface area contributed by atoms with Gasteiger partial charge in [-0.2, -0.15) is 0 Å². The fourth-order valence-electron chi connectivity index (χ4n) is 2.31. The number of phenols is 1. The normalized spacial score (nSPS) is 10.5. The fourth-order valence-corrected chi connectivity index (χ4v) is 2.31. The Balaban J connectivity index is 2.26. The quantitative estimate of drug-likeness (QED) is 0.459. The Morgan fingerprint density at radius 3 is 2.16 bits per heavy atom. The monoisotopic (exact) mass is 336 g/mol. The summed E-state index contributed by atoms with van der Waals surface area (Å²) in [5, 5.41) is 10.0. The van der Waals surface area contributed by atoms with E-state index < -0.39 is 0 Å². The van der Waals surface area contributed by atoms with Crippen molar-refractivity contribution in [3.05, 3.63) is 84.0 Å². The Morgan fingerprint density at radius 1 is 0.960 bits per heavy atom. The van der Waals surface area contributed by atoms with E-state index in [9.17, 15) is 9.90 Å². The van der Waals surface area contributed by atoms with Crippen molar-refractivity contribution in [3.8, 4) is 5.75 Å². The molecule has 0 spiro atoms. The minimum absolute atomic E-state index is 0.0367. The molecule has 0 bridgehead atoms. The Morgan fingerprint density at radius 2 is 1.56 bits per heavy atom. The highest BCUT2D eigenvalue weighted by Crippen LogP contribution is 2.26. The minimum atomic E-state index is -0.182. The van der Waals surface area contributed by atoms with Gasteiger partial charge in [-0.05, 0) is 23.8 Å². The molecule has 0 radical (unpaired) electrons. The van der Waals surface area contributed by atoms with Crippen LogP contribution in [0.5, 0.6) is 5.75 Å². The first-order valence-electron chi connectivity index (χ1n) is 7.59. The average molecular weight is 336 g/mol. The summed E-state index contributed by atoms with van der Waals surface area (Å²) < 4.78 is 10.1. The molecule has 25 heavy (non-hydrogen) atoms. The van der Waals surface area contributed by atoms with Crippen molar-refractivity contribution in [3.63, 3.8) is 0 Å². The van der Waals surface area contributed by atoms with Gasteiger partial charge in [0.05, 0.1) is 19.8 Å². The Hall–Kier alpha value is -3.27. The number of phenolic OH excluding ortho intramolecular Hbond substituents is 1. The van der Waals surface area contributed by atoms with E-state index in [0.29, 0.717) is 33.8 Å². The van der Waals surface area contributed by atoms with Crippen LogP contribution in [0.15, 0.2) is 61.7 Å². The maximum atomic E-state index is 12.5. The van der Waals surface area contributed by atoms with E-state index in [1.807, 2.05) is 6.07 Å². The van der Waals surface area contributed by atoms with E-state index in [4.69, 9.17) is 9.47 Å². The maximum Gasteiger partial charge on any atom is 0.186 e. The lowest BCUT2D eigenvalue weighted by molar-refractivity contribution is 0.104. The highest BCUT2D eigenvalue weighted by molar-refractivity contribution is 6.09. The van der Waals surface area contributed by atoms with Crippen molar-refractivity contribution in [2.24, 2.45) is 0 Å². The number of methoxy groups -OCH3 is 2. The molecule has 2 aromatic carbocycles. The molecular formula is C21H20O4. The van der Waals surface area contributed by atoms with E-state index in [1.165, 1.54) is 20.3 Å². The number of ketones is 1. The third-order valence-electron chi connectivity index (χ3n) is 3.74. The average Bonchev–Trinajstić information content (AvgIpc) is 2.64. The van der Waals surface area contributed by atoms with Gasteiger partial charge in [-0.1, -0.05) is 49.6 Å². The van der Waals surface area contributed by atoms with Gasteiger partial charge in [0.2, 0.25) is 0 Å². The second-order valence-corrected chi connectivity index (χ2v) is 5.27. The molecule has 2 rings (SSSR count). The van der Waals surface area contributed by atoms with Gasteiger partial charge in [-0.25, -0.2) is 0 Å².